The minimum Gasteiger partial charge on any atom is -0.497 e. The normalized spacial score (nSPS) is 19.6. The smallest absolute Gasteiger partial charge is 0.345 e. The van der Waals surface area contributed by atoms with Crippen molar-refractivity contribution in [3.8, 4) is 5.75 Å². The molecule has 1 aromatic carbocycles. The molecule has 0 unspecified atom stereocenters. The van der Waals surface area contributed by atoms with Gasteiger partial charge >= 0.3 is 6.61 Å². The maximum Gasteiger partial charge on any atom is 0.345 e. The molecule has 1 atom stereocenters. The summed E-state index contributed by atoms with van der Waals surface area (Å²) in [6.07, 6.45) is 4.15. The summed E-state index contributed by atoms with van der Waals surface area (Å²) in [5, 5.41) is 1.15. The minimum absolute atomic E-state index is 0.355. The van der Waals surface area contributed by atoms with Gasteiger partial charge in [-0.3, -0.25) is 0 Å². The third kappa shape index (κ3) is 4.00. The molecule has 1 fully saturated rings. The standard InChI is InChI=1S/C17H22F2N2O2/c1-22-13-4-5-16-15(9-13)12(10-20-16)6-8-21-7-2-3-14(11-21)23-17(18)19/h4-5,9-10,14,17,20H,2-3,6-8,11H2,1H3/t14-/m0/s1. The highest BCUT2D eigenvalue weighted by molar-refractivity contribution is 5.84. The molecule has 126 valence electrons. The van der Waals surface area contributed by atoms with E-state index in [9.17, 15) is 8.78 Å². The highest BCUT2D eigenvalue weighted by Gasteiger charge is 2.23. The molecule has 1 N–H and O–H groups in total. The number of nitrogens with zero attached hydrogens (tertiary/aromatic N) is 1. The fourth-order valence-electron chi connectivity index (χ4n) is 3.24. The zero-order valence-electron chi connectivity index (χ0n) is 13.2. The molecular formula is C17H22F2N2O2. The molecule has 2 heterocycles. The summed E-state index contributed by atoms with van der Waals surface area (Å²) in [7, 11) is 1.66. The van der Waals surface area contributed by atoms with E-state index in [-0.39, 0.29) is 6.10 Å². The van der Waals surface area contributed by atoms with E-state index in [1.165, 1.54) is 5.56 Å². The van der Waals surface area contributed by atoms with Crippen molar-refractivity contribution in [2.75, 3.05) is 26.7 Å². The second-order valence-electron chi connectivity index (χ2n) is 5.94. The van der Waals surface area contributed by atoms with Crippen molar-refractivity contribution in [3.05, 3.63) is 30.0 Å². The predicted molar refractivity (Wildman–Crippen MR) is 85.1 cm³/mol. The highest BCUT2D eigenvalue weighted by atomic mass is 19.3. The minimum atomic E-state index is -2.68. The maximum atomic E-state index is 12.3. The summed E-state index contributed by atoms with van der Waals surface area (Å²) in [6.45, 7) is -0.320. The van der Waals surface area contributed by atoms with Gasteiger partial charge in [-0.25, -0.2) is 0 Å². The van der Waals surface area contributed by atoms with Crippen LogP contribution in [0, 0.1) is 0 Å². The first-order valence-corrected chi connectivity index (χ1v) is 7.95. The van der Waals surface area contributed by atoms with E-state index in [2.05, 4.69) is 14.6 Å². The topological polar surface area (TPSA) is 37.5 Å². The van der Waals surface area contributed by atoms with E-state index in [4.69, 9.17) is 4.74 Å². The third-order valence-electron chi connectivity index (χ3n) is 4.43. The number of fused-ring (bicyclic) bond motifs is 1. The Bertz CT molecular complexity index is 645. The first kappa shape index (κ1) is 16.2. The number of aromatic nitrogens is 1. The Hall–Kier alpha value is -1.66. The van der Waals surface area contributed by atoms with Crippen LogP contribution in [-0.4, -0.2) is 49.3 Å². The number of halogens is 2. The van der Waals surface area contributed by atoms with Crippen LogP contribution in [0.1, 0.15) is 18.4 Å². The van der Waals surface area contributed by atoms with Gasteiger partial charge in [-0.1, -0.05) is 0 Å². The van der Waals surface area contributed by atoms with Crippen LogP contribution in [0.15, 0.2) is 24.4 Å². The summed E-state index contributed by atoms with van der Waals surface area (Å²) < 4.78 is 34.6. The summed E-state index contributed by atoms with van der Waals surface area (Å²) in [4.78, 5) is 5.47. The fourth-order valence-corrected chi connectivity index (χ4v) is 3.24. The van der Waals surface area contributed by atoms with Crippen molar-refractivity contribution in [2.45, 2.75) is 32.0 Å². The molecule has 6 heteroatoms. The SMILES string of the molecule is COc1ccc2[nH]cc(CCN3CCC[C@H](OC(F)F)C3)c2c1. The molecule has 23 heavy (non-hydrogen) atoms. The largest absolute Gasteiger partial charge is 0.497 e. The number of nitrogens with one attached hydrogen (secondary N) is 1. The van der Waals surface area contributed by atoms with Gasteiger partial charge in [0.2, 0.25) is 0 Å². The third-order valence-corrected chi connectivity index (χ3v) is 4.43. The summed E-state index contributed by atoms with van der Waals surface area (Å²) in [6, 6.07) is 5.96. The van der Waals surface area contributed by atoms with E-state index in [0.29, 0.717) is 13.0 Å². The van der Waals surface area contributed by atoms with E-state index in [0.717, 1.165) is 42.6 Å². The van der Waals surface area contributed by atoms with Crippen molar-refractivity contribution in [3.63, 3.8) is 0 Å². The molecule has 1 aliphatic heterocycles. The Morgan fingerprint density at radius 3 is 3.04 bits per heavy atom. The number of hydrogen-bond donors (Lipinski definition) is 1. The predicted octanol–water partition coefficient (Wildman–Crippen LogP) is 3.42. The van der Waals surface area contributed by atoms with Gasteiger partial charge in [-0.15, -0.1) is 0 Å². The van der Waals surface area contributed by atoms with Crippen LogP contribution < -0.4 is 4.74 Å². The zero-order valence-corrected chi connectivity index (χ0v) is 13.2. The fraction of sp³-hybridized carbons (Fsp3) is 0.529. The number of methoxy groups -OCH3 is 1. The average molecular weight is 324 g/mol. The lowest BCUT2D eigenvalue weighted by Gasteiger charge is -2.32. The lowest BCUT2D eigenvalue weighted by molar-refractivity contribution is -0.174. The molecular weight excluding hydrogens is 302 g/mol. The Balaban J connectivity index is 1.61. The molecule has 1 aliphatic rings. The number of H-pyrrole nitrogens is 1. The van der Waals surface area contributed by atoms with Crippen LogP contribution in [0.2, 0.25) is 0 Å². The first-order chi connectivity index (χ1) is 11.2. The summed E-state index contributed by atoms with van der Waals surface area (Å²) >= 11 is 0. The molecule has 1 saturated heterocycles. The lowest BCUT2D eigenvalue weighted by Crippen LogP contribution is -2.41. The van der Waals surface area contributed by atoms with Crippen LogP contribution in [-0.2, 0) is 11.2 Å². The van der Waals surface area contributed by atoms with Crippen molar-refractivity contribution >= 4 is 10.9 Å². The van der Waals surface area contributed by atoms with Gasteiger partial charge in [0, 0.05) is 30.2 Å². The molecule has 0 spiro atoms. The van der Waals surface area contributed by atoms with E-state index in [1.54, 1.807) is 7.11 Å². The van der Waals surface area contributed by atoms with Crippen molar-refractivity contribution in [2.24, 2.45) is 0 Å². The Labute approximate surface area is 134 Å². The number of benzene rings is 1. The van der Waals surface area contributed by atoms with Crippen molar-refractivity contribution in [1.82, 2.24) is 9.88 Å². The van der Waals surface area contributed by atoms with Gasteiger partial charge in [-0.2, -0.15) is 8.78 Å². The molecule has 0 radical (unpaired) electrons. The van der Waals surface area contributed by atoms with Crippen molar-refractivity contribution in [1.29, 1.82) is 0 Å². The average Bonchev–Trinajstić information content (AvgIpc) is 2.95. The van der Waals surface area contributed by atoms with Crippen LogP contribution >= 0.6 is 0 Å². The number of piperidine rings is 1. The van der Waals surface area contributed by atoms with Gasteiger partial charge < -0.3 is 19.4 Å². The Morgan fingerprint density at radius 2 is 2.26 bits per heavy atom. The van der Waals surface area contributed by atoms with Crippen LogP contribution in [0.5, 0.6) is 5.75 Å². The van der Waals surface area contributed by atoms with Gasteiger partial charge in [0.25, 0.3) is 0 Å². The van der Waals surface area contributed by atoms with E-state index < -0.39 is 6.61 Å². The molecule has 2 aromatic rings. The summed E-state index contributed by atoms with van der Waals surface area (Å²) in [5.41, 5.74) is 2.30. The second kappa shape index (κ2) is 7.27. The molecule has 0 amide bonds. The highest BCUT2D eigenvalue weighted by Crippen LogP contribution is 2.24. The monoisotopic (exact) mass is 324 g/mol. The van der Waals surface area contributed by atoms with Crippen LogP contribution in [0.3, 0.4) is 0 Å². The number of hydrogen-bond acceptors (Lipinski definition) is 3. The quantitative estimate of drug-likeness (QED) is 0.885. The second-order valence-corrected chi connectivity index (χ2v) is 5.94. The van der Waals surface area contributed by atoms with E-state index >= 15 is 0 Å². The summed E-state index contributed by atoms with van der Waals surface area (Å²) in [5.74, 6) is 0.835. The lowest BCUT2D eigenvalue weighted by atomic mass is 10.1. The molecule has 4 nitrogen and oxygen atoms in total. The first-order valence-electron chi connectivity index (χ1n) is 7.95. The molecule has 0 bridgehead atoms. The van der Waals surface area contributed by atoms with Crippen LogP contribution in [0.4, 0.5) is 8.78 Å². The molecule has 0 saturated carbocycles. The Morgan fingerprint density at radius 1 is 1.39 bits per heavy atom. The Kier molecular flexibility index (Phi) is 5.13. The number of rotatable bonds is 6. The van der Waals surface area contributed by atoms with Crippen LogP contribution in [0.25, 0.3) is 10.9 Å². The number of likely N-dealkylation sites (tertiary alicyclic amines) is 1. The van der Waals surface area contributed by atoms with Gasteiger partial charge in [0.15, 0.2) is 0 Å². The van der Waals surface area contributed by atoms with E-state index in [1.807, 2.05) is 24.4 Å². The maximum absolute atomic E-state index is 12.3. The number of alkyl halides is 2. The molecule has 3 rings (SSSR count). The van der Waals surface area contributed by atoms with Gasteiger partial charge in [-0.05, 0) is 49.6 Å². The zero-order chi connectivity index (χ0) is 16.2. The number of ether oxygens (including phenoxy) is 2. The molecule has 0 aliphatic carbocycles. The van der Waals surface area contributed by atoms with Crippen molar-refractivity contribution < 1.29 is 18.3 Å². The molecule has 1 aromatic heterocycles. The van der Waals surface area contributed by atoms with Gasteiger partial charge in [0.1, 0.15) is 5.75 Å². The van der Waals surface area contributed by atoms with Gasteiger partial charge in [0.05, 0.1) is 13.2 Å². The number of aromatic amines is 1.